The standard InChI is InChI=1S/C15H28N2O2/c1-11(18)8-9-17(2)15(19)16-14-5-3-4-13(10-14)12-6-7-12/h11-14,18H,3-10H2,1-2H3,(H,16,19). The number of hydrogen-bond donors (Lipinski definition) is 2. The van der Waals surface area contributed by atoms with E-state index in [1.54, 1.807) is 18.9 Å². The molecule has 0 aliphatic heterocycles. The molecule has 2 rings (SSSR count). The van der Waals surface area contributed by atoms with Crippen LogP contribution in [0.1, 0.15) is 51.9 Å². The van der Waals surface area contributed by atoms with E-state index in [4.69, 9.17) is 0 Å². The average Bonchev–Trinajstić information content (AvgIpc) is 3.20. The zero-order valence-electron chi connectivity index (χ0n) is 12.3. The summed E-state index contributed by atoms with van der Waals surface area (Å²) < 4.78 is 0. The number of hydrogen-bond acceptors (Lipinski definition) is 2. The molecule has 0 spiro atoms. The Kier molecular flexibility index (Phi) is 5.08. The van der Waals surface area contributed by atoms with Crippen LogP contribution in [0.5, 0.6) is 0 Å². The molecule has 2 aliphatic carbocycles. The second-order valence-electron chi connectivity index (χ2n) is 6.47. The zero-order valence-corrected chi connectivity index (χ0v) is 12.3. The van der Waals surface area contributed by atoms with Crippen LogP contribution in [0.15, 0.2) is 0 Å². The highest BCUT2D eigenvalue weighted by atomic mass is 16.3. The summed E-state index contributed by atoms with van der Waals surface area (Å²) >= 11 is 0. The van der Waals surface area contributed by atoms with E-state index in [9.17, 15) is 9.90 Å². The molecule has 19 heavy (non-hydrogen) atoms. The maximum absolute atomic E-state index is 12.0. The van der Waals surface area contributed by atoms with Crippen molar-refractivity contribution in [2.75, 3.05) is 13.6 Å². The van der Waals surface area contributed by atoms with Gasteiger partial charge in [-0.1, -0.05) is 12.8 Å². The summed E-state index contributed by atoms with van der Waals surface area (Å²) in [6.07, 6.45) is 8.00. The Morgan fingerprint density at radius 2 is 2.05 bits per heavy atom. The van der Waals surface area contributed by atoms with Gasteiger partial charge >= 0.3 is 6.03 Å². The van der Waals surface area contributed by atoms with Crippen molar-refractivity contribution in [1.29, 1.82) is 0 Å². The number of carbonyl (C=O) groups is 1. The Bertz CT molecular complexity index is 303. The number of rotatable bonds is 5. The lowest BCUT2D eigenvalue weighted by molar-refractivity contribution is 0.159. The third-order valence-electron chi connectivity index (χ3n) is 4.56. The predicted octanol–water partition coefficient (Wildman–Crippen LogP) is 2.37. The van der Waals surface area contributed by atoms with E-state index in [1.807, 2.05) is 0 Å². The Balaban J connectivity index is 1.71. The van der Waals surface area contributed by atoms with Crippen LogP contribution < -0.4 is 5.32 Å². The van der Waals surface area contributed by atoms with Crippen LogP contribution in [0.2, 0.25) is 0 Å². The molecule has 0 aromatic carbocycles. The van der Waals surface area contributed by atoms with E-state index >= 15 is 0 Å². The van der Waals surface area contributed by atoms with Gasteiger partial charge in [0.05, 0.1) is 6.10 Å². The molecule has 2 fully saturated rings. The summed E-state index contributed by atoms with van der Waals surface area (Å²) in [6, 6.07) is 0.378. The second-order valence-corrected chi connectivity index (χ2v) is 6.47. The van der Waals surface area contributed by atoms with E-state index in [0.717, 1.165) is 18.3 Å². The van der Waals surface area contributed by atoms with Gasteiger partial charge in [-0.2, -0.15) is 0 Å². The molecule has 2 saturated carbocycles. The Labute approximate surface area is 116 Å². The van der Waals surface area contributed by atoms with E-state index in [-0.39, 0.29) is 12.1 Å². The number of urea groups is 1. The third-order valence-corrected chi connectivity index (χ3v) is 4.56. The van der Waals surface area contributed by atoms with Crippen LogP contribution in [0, 0.1) is 11.8 Å². The van der Waals surface area contributed by atoms with Gasteiger partial charge in [0.1, 0.15) is 0 Å². The molecule has 2 aliphatic rings. The molecule has 0 aromatic rings. The van der Waals surface area contributed by atoms with Crippen molar-refractivity contribution in [1.82, 2.24) is 10.2 Å². The minimum Gasteiger partial charge on any atom is -0.393 e. The minimum absolute atomic E-state index is 0.0158. The molecule has 3 unspecified atom stereocenters. The molecule has 4 nitrogen and oxygen atoms in total. The first kappa shape index (κ1) is 14.6. The highest BCUT2D eigenvalue weighted by Gasteiger charge is 2.35. The molecule has 0 heterocycles. The monoisotopic (exact) mass is 268 g/mol. The zero-order chi connectivity index (χ0) is 13.8. The first-order chi connectivity index (χ1) is 9.06. The molecule has 0 aromatic heterocycles. The highest BCUT2D eigenvalue weighted by molar-refractivity contribution is 5.74. The molecule has 0 saturated heterocycles. The minimum atomic E-state index is -0.343. The fourth-order valence-corrected chi connectivity index (χ4v) is 3.12. The van der Waals surface area contributed by atoms with Gasteiger partial charge in [0.25, 0.3) is 0 Å². The molecular weight excluding hydrogens is 240 g/mol. The Hall–Kier alpha value is -0.770. The van der Waals surface area contributed by atoms with Crippen molar-refractivity contribution in [3.63, 3.8) is 0 Å². The van der Waals surface area contributed by atoms with Crippen molar-refractivity contribution in [3.8, 4) is 0 Å². The highest BCUT2D eigenvalue weighted by Crippen LogP contribution is 2.43. The average molecular weight is 268 g/mol. The number of nitrogens with one attached hydrogen (secondary N) is 1. The SMILES string of the molecule is CC(O)CCN(C)C(=O)NC1CCCC(C2CC2)C1. The van der Waals surface area contributed by atoms with Crippen molar-refractivity contribution >= 4 is 6.03 Å². The summed E-state index contributed by atoms with van der Waals surface area (Å²) in [5.74, 6) is 1.80. The van der Waals surface area contributed by atoms with Crippen molar-refractivity contribution in [2.45, 2.75) is 64.0 Å². The maximum atomic E-state index is 12.0. The van der Waals surface area contributed by atoms with Gasteiger partial charge < -0.3 is 15.3 Å². The molecule has 0 radical (unpaired) electrons. The number of carbonyl (C=O) groups excluding carboxylic acids is 1. The topological polar surface area (TPSA) is 52.6 Å². The summed E-state index contributed by atoms with van der Waals surface area (Å²) in [6.45, 7) is 2.37. The van der Waals surface area contributed by atoms with Gasteiger partial charge in [-0.15, -0.1) is 0 Å². The summed E-state index contributed by atoms with van der Waals surface area (Å²) in [5.41, 5.74) is 0. The third kappa shape index (κ3) is 4.68. The van der Waals surface area contributed by atoms with Crippen LogP contribution >= 0.6 is 0 Å². The lowest BCUT2D eigenvalue weighted by Gasteiger charge is -2.31. The second kappa shape index (κ2) is 6.60. The molecule has 110 valence electrons. The van der Waals surface area contributed by atoms with Gasteiger partial charge in [-0.3, -0.25) is 0 Å². The molecule has 4 heteroatoms. The van der Waals surface area contributed by atoms with Gasteiger partial charge in [-0.25, -0.2) is 4.79 Å². The van der Waals surface area contributed by atoms with E-state index < -0.39 is 0 Å². The summed E-state index contributed by atoms with van der Waals surface area (Å²) in [7, 11) is 1.80. The smallest absolute Gasteiger partial charge is 0.317 e. The number of aliphatic hydroxyl groups excluding tert-OH is 1. The Morgan fingerprint density at radius 3 is 2.68 bits per heavy atom. The molecular formula is C15H28N2O2. The molecule has 0 bridgehead atoms. The van der Waals surface area contributed by atoms with Crippen LogP contribution in [0.25, 0.3) is 0 Å². The normalized spacial score (nSPS) is 28.8. The van der Waals surface area contributed by atoms with Gasteiger partial charge in [0, 0.05) is 19.6 Å². The first-order valence-electron chi connectivity index (χ1n) is 7.76. The maximum Gasteiger partial charge on any atom is 0.317 e. The van der Waals surface area contributed by atoms with Gasteiger partial charge in [0.15, 0.2) is 0 Å². The number of amides is 2. The fraction of sp³-hybridized carbons (Fsp3) is 0.933. The molecule has 2 amide bonds. The fourth-order valence-electron chi connectivity index (χ4n) is 3.12. The van der Waals surface area contributed by atoms with E-state index in [1.165, 1.54) is 32.1 Å². The largest absolute Gasteiger partial charge is 0.393 e. The van der Waals surface area contributed by atoms with Crippen molar-refractivity contribution < 1.29 is 9.90 Å². The van der Waals surface area contributed by atoms with Crippen molar-refractivity contribution in [2.24, 2.45) is 11.8 Å². The van der Waals surface area contributed by atoms with E-state index in [2.05, 4.69) is 5.32 Å². The number of aliphatic hydroxyl groups is 1. The Morgan fingerprint density at radius 1 is 1.32 bits per heavy atom. The predicted molar refractivity (Wildman–Crippen MR) is 75.9 cm³/mol. The van der Waals surface area contributed by atoms with Crippen LogP contribution in [-0.4, -0.2) is 41.8 Å². The quantitative estimate of drug-likeness (QED) is 0.804. The van der Waals surface area contributed by atoms with Crippen LogP contribution in [0.3, 0.4) is 0 Å². The summed E-state index contributed by atoms with van der Waals surface area (Å²) in [4.78, 5) is 13.7. The van der Waals surface area contributed by atoms with Crippen LogP contribution in [-0.2, 0) is 0 Å². The van der Waals surface area contributed by atoms with Crippen molar-refractivity contribution in [3.05, 3.63) is 0 Å². The number of nitrogens with zero attached hydrogens (tertiary/aromatic N) is 1. The van der Waals surface area contributed by atoms with Crippen LogP contribution in [0.4, 0.5) is 4.79 Å². The molecule has 3 atom stereocenters. The first-order valence-corrected chi connectivity index (χ1v) is 7.76. The van der Waals surface area contributed by atoms with E-state index in [0.29, 0.717) is 19.0 Å². The lowest BCUT2D eigenvalue weighted by atomic mass is 9.83. The lowest BCUT2D eigenvalue weighted by Crippen LogP contribution is -2.45. The molecule has 2 N–H and O–H groups in total. The summed E-state index contributed by atoms with van der Waals surface area (Å²) in [5, 5.41) is 12.4. The van der Waals surface area contributed by atoms with Gasteiger partial charge in [0.2, 0.25) is 0 Å². The van der Waals surface area contributed by atoms with Gasteiger partial charge in [-0.05, 0) is 50.9 Å².